The van der Waals surface area contributed by atoms with Gasteiger partial charge in [-0.1, -0.05) is 0 Å². The predicted molar refractivity (Wildman–Crippen MR) is 71.6 cm³/mol. The van der Waals surface area contributed by atoms with Gasteiger partial charge in [0.2, 0.25) is 0 Å². The van der Waals surface area contributed by atoms with Gasteiger partial charge >= 0.3 is 5.97 Å². The number of nitriles is 1. The summed E-state index contributed by atoms with van der Waals surface area (Å²) in [6, 6.07) is 7.06. The van der Waals surface area contributed by atoms with E-state index >= 15 is 0 Å². The highest BCUT2D eigenvalue weighted by Crippen LogP contribution is 2.34. The smallest absolute Gasteiger partial charge is 0.332 e. The first-order chi connectivity index (χ1) is 10.0. The Morgan fingerprint density at radius 2 is 2.10 bits per heavy atom. The number of methoxy groups -OCH3 is 1. The fourth-order valence-corrected chi connectivity index (χ4v) is 2.71. The first kappa shape index (κ1) is 15.0. The van der Waals surface area contributed by atoms with E-state index in [0.717, 1.165) is 0 Å². The summed E-state index contributed by atoms with van der Waals surface area (Å²) >= 11 is 0. The Balaban J connectivity index is 2.36. The molecule has 110 valence electrons. The van der Waals surface area contributed by atoms with Crippen LogP contribution in [0.1, 0.15) is 29.6 Å². The van der Waals surface area contributed by atoms with E-state index in [2.05, 4.69) is 0 Å². The molecule has 6 heteroatoms. The number of amides is 1. The zero-order chi connectivity index (χ0) is 15.5. The van der Waals surface area contributed by atoms with Gasteiger partial charge in [0, 0.05) is 12.1 Å². The van der Waals surface area contributed by atoms with Crippen molar-refractivity contribution in [1.82, 2.24) is 4.90 Å². The molecule has 0 spiro atoms. The number of esters is 1. The van der Waals surface area contributed by atoms with Crippen LogP contribution in [-0.2, 0) is 9.53 Å². The number of likely N-dealkylation sites (tertiary alicyclic amines) is 1. The largest absolute Gasteiger partial charge is 0.467 e. The van der Waals surface area contributed by atoms with Crippen molar-refractivity contribution in [2.24, 2.45) is 0 Å². The molecule has 5 nitrogen and oxygen atoms in total. The van der Waals surface area contributed by atoms with Gasteiger partial charge in [0.05, 0.1) is 19.6 Å². The van der Waals surface area contributed by atoms with Crippen LogP contribution in [0.25, 0.3) is 0 Å². The normalized spacial score (nSPS) is 20.9. The average molecular weight is 290 g/mol. The zero-order valence-corrected chi connectivity index (χ0v) is 11.6. The van der Waals surface area contributed by atoms with Gasteiger partial charge in [-0.25, -0.2) is 9.18 Å². The SMILES string of the molecule is COC(=O)C1(CC#N)CCCN1C(=O)c1ccc(F)cc1. The lowest BCUT2D eigenvalue weighted by Crippen LogP contribution is -2.53. The second kappa shape index (κ2) is 5.92. The Bertz CT molecular complexity index is 594. The number of hydrogen-bond donors (Lipinski definition) is 0. The Morgan fingerprint density at radius 1 is 1.43 bits per heavy atom. The van der Waals surface area contributed by atoms with Gasteiger partial charge in [-0.3, -0.25) is 4.79 Å². The molecule has 1 aliphatic rings. The number of rotatable bonds is 3. The molecule has 0 N–H and O–H groups in total. The number of halogens is 1. The van der Waals surface area contributed by atoms with Crippen molar-refractivity contribution in [1.29, 1.82) is 5.26 Å². The van der Waals surface area contributed by atoms with E-state index in [4.69, 9.17) is 10.00 Å². The summed E-state index contributed by atoms with van der Waals surface area (Å²) in [5.41, 5.74) is -0.959. The molecule has 1 fully saturated rings. The van der Waals surface area contributed by atoms with Gasteiger partial charge in [0.15, 0.2) is 5.54 Å². The molecule has 1 heterocycles. The van der Waals surface area contributed by atoms with Crippen molar-refractivity contribution in [2.45, 2.75) is 24.8 Å². The van der Waals surface area contributed by atoms with Crippen molar-refractivity contribution in [3.63, 3.8) is 0 Å². The van der Waals surface area contributed by atoms with Crippen molar-refractivity contribution in [3.05, 3.63) is 35.6 Å². The van der Waals surface area contributed by atoms with Crippen molar-refractivity contribution >= 4 is 11.9 Å². The first-order valence-corrected chi connectivity index (χ1v) is 6.58. The predicted octanol–water partition coefficient (Wildman–Crippen LogP) is 1.89. The van der Waals surface area contributed by atoms with E-state index in [-0.39, 0.29) is 12.0 Å². The highest BCUT2D eigenvalue weighted by Gasteiger charge is 2.50. The molecular formula is C15H15FN2O3. The molecule has 1 amide bonds. The third kappa shape index (κ3) is 2.59. The van der Waals surface area contributed by atoms with Crippen LogP contribution in [0, 0.1) is 17.1 Å². The molecule has 1 aromatic rings. The molecule has 0 saturated carbocycles. The Morgan fingerprint density at radius 3 is 2.67 bits per heavy atom. The second-order valence-corrected chi connectivity index (χ2v) is 4.93. The fraction of sp³-hybridized carbons (Fsp3) is 0.400. The lowest BCUT2D eigenvalue weighted by Gasteiger charge is -2.34. The van der Waals surface area contributed by atoms with Crippen LogP contribution >= 0.6 is 0 Å². The lowest BCUT2D eigenvalue weighted by atomic mass is 9.92. The Kier molecular flexibility index (Phi) is 4.22. The molecule has 0 aromatic heterocycles. The maximum atomic E-state index is 12.9. The summed E-state index contributed by atoms with van der Waals surface area (Å²) in [6.07, 6.45) is 0.885. The van der Waals surface area contributed by atoms with Crippen molar-refractivity contribution < 1.29 is 18.7 Å². The standard InChI is InChI=1S/C15H15FN2O3/c1-21-14(20)15(8-9-17)7-2-10-18(15)13(19)11-3-5-12(16)6-4-11/h3-6H,2,7-8,10H2,1H3. The highest BCUT2D eigenvalue weighted by molar-refractivity contribution is 5.98. The minimum Gasteiger partial charge on any atom is -0.467 e. The minimum absolute atomic E-state index is 0.118. The van der Waals surface area contributed by atoms with E-state index in [1.165, 1.54) is 36.3 Å². The summed E-state index contributed by atoms with van der Waals surface area (Å²) in [4.78, 5) is 26.0. The van der Waals surface area contributed by atoms with Crippen LogP contribution in [0.3, 0.4) is 0 Å². The van der Waals surface area contributed by atoms with E-state index in [0.29, 0.717) is 19.4 Å². The number of carbonyl (C=O) groups is 2. The summed E-state index contributed by atoms with van der Waals surface area (Å²) < 4.78 is 17.7. The molecule has 1 aliphatic heterocycles. The molecule has 0 radical (unpaired) electrons. The lowest BCUT2D eigenvalue weighted by molar-refractivity contribution is -0.151. The van der Waals surface area contributed by atoms with Crippen LogP contribution in [0.4, 0.5) is 4.39 Å². The Hall–Kier alpha value is -2.42. The van der Waals surface area contributed by atoms with E-state index in [1.807, 2.05) is 6.07 Å². The van der Waals surface area contributed by atoms with Gasteiger partial charge in [0.25, 0.3) is 5.91 Å². The number of ether oxygens (including phenoxy) is 1. The average Bonchev–Trinajstić information content (AvgIpc) is 2.91. The Labute approximate surface area is 121 Å². The fourth-order valence-electron chi connectivity index (χ4n) is 2.71. The quantitative estimate of drug-likeness (QED) is 0.797. The van der Waals surface area contributed by atoms with E-state index in [9.17, 15) is 14.0 Å². The van der Waals surface area contributed by atoms with E-state index in [1.54, 1.807) is 0 Å². The minimum atomic E-state index is -1.24. The van der Waals surface area contributed by atoms with Crippen molar-refractivity contribution in [3.8, 4) is 6.07 Å². The van der Waals surface area contributed by atoms with Crippen LogP contribution in [-0.4, -0.2) is 36.0 Å². The van der Waals surface area contributed by atoms with Crippen LogP contribution in [0.5, 0.6) is 0 Å². The molecule has 0 aliphatic carbocycles. The van der Waals surface area contributed by atoms with Crippen LogP contribution < -0.4 is 0 Å². The summed E-state index contributed by atoms with van der Waals surface area (Å²) in [5.74, 6) is -1.42. The molecule has 21 heavy (non-hydrogen) atoms. The summed E-state index contributed by atoms with van der Waals surface area (Å²) in [6.45, 7) is 0.368. The molecule has 1 atom stereocenters. The van der Waals surface area contributed by atoms with Gasteiger partial charge in [-0.15, -0.1) is 0 Å². The number of nitrogens with zero attached hydrogens (tertiary/aromatic N) is 2. The molecule has 2 rings (SSSR count). The zero-order valence-electron chi connectivity index (χ0n) is 11.6. The van der Waals surface area contributed by atoms with Gasteiger partial charge in [-0.05, 0) is 37.1 Å². The van der Waals surface area contributed by atoms with Crippen molar-refractivity contribution in [2.75, 3.05) is 13.7 Å². The summed E-state index contributed by atoms with van der Waals surface area (Å²) in [7, 11) is 1.24. The van der Waals surface area contributed by atoms with Crippen LogP contribution in [0.15, 0.2) is 24.3 Å². The maximum Gasteiger partial charge on any atom is 0.332 e. The highest BCUT2D eigenvalue weighted by atomic mass is 19.1. The second-order valence-electron chi connectivity index (χ2n) is 4.93. The van der Waals surface area contributed by atoms with Crippen LogP contribution in [0.2, 0.25) is 0 Å². The molecular weight excluding hydrogens is 275 g/mol. The topological polar surface area (TPSA) is 70.4 Å². The molecule has 1 unspecified atom stereocenters. The monoisotopic (exact) mass is 290 g/mol. The van der Waals surface area contributed by atoms with Gasteiger partial charge < -0.3 is 9.64 Å². The number of benzene rings is 1. The molecule has 0 bridgehead atoms. The number of hydrogen-bond acceptors (Lipinski definition) is 4. The summed E-state index contributed by atoms with van der Waals surface area (Å²) in [5, 5.41) is 9.00. The first-order valence-electron chi connectivity index (χ1n) is 6.58. The third-order valence-electron chi connectivity index (χ3n) is 3.76. The third-order valence-corrected chi connectivity index (χ3v) is 3.76. The number of carbonyl (C=O) groups excluding carboxylic acids is 2. The van der Waals surface area contributed by atoms with Gasteiger partial charge in [-0.2, -0.15) is 5.26 Å². The maximum absolute atomic E-state index is 12.9. The molecule has 1 saturated heterocycles. The van der Waals surface area contributed by atoms with Gasteiger partial charge in [0.1, 0.15) is 5.82 Å². The van der Waals surface area contributed by atoms with E-state index < -0.39 is 23.2 Å². The molecule has 1 aromatic carbocycles.